The van der Waals surface area contributed by atoms with Crippen LogP contribution < -0.4 is 9.47 Å². The van der Waals surface area contributed by atoms with Crippen LogP contribution in [-0.4, -0.2) is 53.9 Å². The molecule has 1 aromatic carbocycles. The molecule has 7 heteroatoms. The first-order valence-corrected chi connectivity index (χ1v) is 9.65. The number of likely N-dealkylation sites (tertiary alicyclic amines) is 1. The van der Waals surface area contributed by atoms with E-state index in [0.29, 0.717) is 51.3 Å². The van der Waals surface area contributed by atoms with Gasteiger partial charge in [-0.1, -0.05) is 0 Å². The summed E-state index contributed by atoms with van der Waals surface area (Å²) in [5, 5.41) is 9.01. The molecule has 0 radical (unpaired) electrons. The molecule has 136 valence electrons. The monoisotopic (exact) mass is 365 g/mol. The van der Waals surface area contributed by atoms with Crippen LogP contribution in [0.2, 0.25) is 0 Å². The first kappa shape index (κ1) is 17.9. The van der Waals surface area contributed by atoms with E-state index in [1.165, 1.54) is 0 Å². The summed E-state index contributed by atoms with van der Waals surface area (Å²) in [7, 11) is 0. The van der Waals surface area contributed by atoms with Gasteiger partial charge in [-0.2, -0.15) is 0 Å². The van der Waals surface area contributed by atoms with Crippen LogP contribution in [0.5, 0.6) is 11.5 Å². The smallest absolute Gasteiger partial charge is 0.306 e. The number of piperidine rings is 1. The number of fused-ring (bicyclic) bond motifs is 1. The molecule has 1 aromatic rings. The lowest BCUT2D eigenvalue weighted by Gasteiger charge is -2.30. The van der Waals surface area contributed by atoms with Gasteiger partial charge in [0.25, 0.3) is 0 Å². The molecular formula is C18H23NO5S. The van der Waals surface area contributed by atoms with Crippen molar-refractivity contribution in [2.45, 2.75) is 30.6 Å². The maximum Gasteiger partial charge on any atom is 0.306 e. The Bertz CT molecular complexity index is 628. The van der Waals surface area contributed by atoms with Crippen molar-refractivity contribution in [2.75, 3.05) is 32.1 Å². The van der Waals surface area contributed by atoms with Crippen LogP contribution in [-0.2, 0) is 9.59 Å². The number of thioether (sulfide) groups is 1. The number of carbonyl (C=O) groups is 2. The van der Waals surface area contributed by atoms with E-state index < -0.39 is 5.97 Å². The normalized spacial score (nSPS) is 17.8. The first-order valence-electron chi connectivity index (χ1n) is 8.66. The Balaban J connectivity index is 1.44. The fourth-order valence-corrected chi connectivity index (χ4v) is 3.89. The molecule has 2 aliphatic rings. The molecule has 1 amide bonds. The number of aliphatic carboxylic acids is 1. The largest absolute Gasteiger partial charge is 0.490 e. The number of carboxylic acids is 1. The van der Waals surface area contributed by atoms with Crippen LogP contribution in [0, 0.1) is 5.92 Å². The molecule has 1 fully saturated rings. The number of amides is 1. The Morgan fingerprint density at radius 3 is 2.60 bits per heavy atom. The van der Waals surface area contributed by atoms with Crippen molar-refractivity contribution in [3.05, 3.63) is 18.2 Å². The molecule has 0 aromatic heterocycles. The molecule has 0 spiro atoms. The molecule has 0 unspecified atom stereocenters. The summed E-state index contributed by atoms with van der Waals surface area (Å²) in [6.07, 6.45) is 2.44. The molecule has 25 heavy (non-hydrogen) atoms. The molecule has 3 rings (SSSR count). The Morgan fingerprint density at radius 1 is 1.16 bits per heavy atom. The van der Waals surface area contributed by atoms with Gasteiger partial charge in [0.15, 0.2) is 11.5 Å². The van der Waals surface area contributed by atoms with Gasteiger partial charge in [0.1, 0.15) is 0 Å². The van der Waals surface area contributed by atoms with Gasteiger partial charge in [-0.3, -0.25) is 9.59 Å². The van der Waals surface area contributed by atoms with Gasteiger partial charge < -0.3 is 19.5 Å². The van der Waals surface area contributed by atoms with Crippen molar-refractivity contribution in [1.82, 2.24) is 4.90 Å². The number of carbonyl (C=O) groups excluding carboxylic acids is 1. The van der Waals surface area contributed by atoms with Crippen LogP contribution in [0.3, 0.4) is 0 Å². The third kappa shape index (κ3) is 4.81. The summed E-state index contributed by atoms with van der Waals surface area (Å²) in [6, 6.07) is 5.87. The predicted molar refractivity (Wildman–Crippen MR) is 94.3 cm³/mol. The van der Waals surface area contributed by atoms with Gasteiger partial charge >= 0.3 is 5.97 Å². The van der Waals surface area contributed by atoms with Crippen molar-refractivity contribution in [3.8, 4) is 11.5 Å². The first-order chi connectivity index (χ1) is 12.1. The maximum absolute atomic E-state index is 12.3. The van der Waals surface area contributed by atoms with Crippen LogP contribution >= 0.6 is 11.8 Å². The summed E-state index contributed by atoms with van der Waals surface area (Å²) < 4.78 is 11.3. The van der Waals surface area contributed by atoms with Crippen LogP contribution in [0.15, 0.2) is 23.1 Å². The summed E-state index contributed by atoms with van der Waals surface area (Å²) in [4.78, 5) is 26.1. The second-order valence-corrected chi connectivity index (χ2v) is 7.42. The number of hydrogen-bond donors (Lipinski definition) is 1. The average Bonchev–Trinajstić information content (AvgIpc) is 2.86. The quantitative estimate of drug-likeness (QED) is 0.809. The molecule has 6 nitrogen and oxygen atoms in total. The highest BCUT2D eigenvalue weighted by molar-refractivity contribution is 7.99. The van der Waals surface area contributed by atoms with E-state index >= 15 is 0 Å². The van der Waals surface area contributed by atoms with E-state index in [4.69, 9.17) is 14.6 Å². The van der Waals surface area contributed by atoms with Gasteiger partial charge in [-0.15, -0.1) is 11.8 Å². The van der Waals surface area contributed by atoms with Gasteiger partial charge in [0.2, 0.25) is 5.91 Å². The van der Waals surface area contributed by atoms with E-state index in [1.807, 2.05) is 18.2 Å². The minimum atomic E-state index is -0.753. The van der Waals surface area contributed by atoms with Gasteiger partial charge in [-0.05, 0) is 31.0 Å². The standard InChI is InChI=1S/C18H23NO5S/c20-17(19-7-4-13(5-8-19)18(21)22)6-11-25-14-2-3-15-16(12-14)24-10-1-9-23-15/h2-3,12-13H,1,4-11H2,(H,21,22). The minimum absolute atomic E-state index is 0.102. The Kier molecular flexibility index (Phi) is 6.07. The molecule has 2 aliphatic heterocycles. The lowest BCUT2D eigenvalue weighted by Crippen LogP contribution is -2.40. The van der Waals surface area contributed by atoms with E-state index in [9.17, 15) is 9.59 Å². The van der Waals surface area contributed by atoms with E-state index in [-0.39, 0.29) is 11.8 Å². The molecule has 0 atom stereocenters. The predicted octanol–water partition coefficient (Wildman–Crippen LogP) is 2.65. The van der Waals surface area contributed by atoms with Crippen molar-refractivity contribution in [1.29, 1.82) is 0 Å². The second-order valence-electron chi connectivity index (χ2n) is 6.25. The van der Waals surface area contributed by atoms with Crippen molar-refractivity contribution < 1.29 is 24.2 Å². The fourth-order valence-electron chi connectivity index (χ4n) is 3.02. The molecule has 0 bridgehead atoms. The molecule has 1 saturated heterocycles. The topological polar surface area (TPSA) is 76.1 Å². The van der Waals surface area contributed by atoms with Gasteiger partial charge in [0, 0.05) is 36.6 Å². The molecule has 0 aliphatic carbocycles. The zero-order valence-electron chi connectivity index (χ0n) is 14.1. The van der Waals surface area contributed by atoms with Crippen molar-refractivity contribution in [2.24, 2.45) is 5.92 Å². The Morgan fingerprint density at radius 2 is 1.88 bits per heavy atom. The Hall–Kier alpha value is -1.89. The number of carboxylic acid groups (broad SMARTS) is 1. The molecule has 2 heterocycles. The van der Waals surface area contributed by atoms with Crippen LogP contribution in [0.25, 0.3) is 0 Å². The summed E-state index contributed by atoms with van der Waals surface area (Å²) >= 11 is 1.62. The Labute approximate surface area is 151 Å². The molecule has 1 N–H and O–H groups in total. The average molecular weight is 365 g/mol. The fraction of sp³-hybridized carbons (Fsp3) is 0.556. The zero-order valence-corrected chi connectivity index (χ0v) is 14.9. The van der Waals surface area contributed by atoms with Crippen molar-refractivity contribution >= 4 is 23.6 Å². The SMILES string of the molecule is O=C(O)C1CCN(C(=O)CCSc2ccc3c(c2)OCCCO3)CC1. The number of rotatable bonds is 5. The summed E-state index contributed by atoms with van der Waals surface area (Å²) in [6.45, 7) is 2.42. The third-order valence-corrected chi connectivity index (χ3v) is 5.50. The van der Waals surface area contributed by atoms with Crippen LogP contribution in [0.4, 0.5) is 0 Å². The number of benzene rings is 1. The lowest BCUT2D eigenvalue weighted by molar-refractivity contribution is -0.145. The lowest BCUT2D eigenvalue weighted by atomic mass is 9.97. The van der Waals surface area contributed by atoms with Crippen LogP contribution in [0.1, 0.15) is 25.7 Å². The molecule has 0 saturated carbocycles. The van der Waals surface area contributed by atoms with E-state index in [2.05, 4.69) is 0 Å². The van der Waals surface area contributed by atoms with Gasteiger partial charge in [0.05, 0.1) is 19.1 Å². The van der Waals surface area contributed by atoms with E-state index in [0.717, 1.165) is 22.8 Å². The van der Waals surface area contributed by atoms with Crippen molar-refractivity contribution in [3.63, 3.8) is 0 Å². The minimum Gasteiger partial charge on any atom is -0.490 e. The molecular weight excluding hydrogens is 342 g/mol. The summed E-state index contributed by atoms with van der Waals surface area (Å²) in [5.74, 6) is 1.28. The highest BCUT2D eigenvalue weighted by Gasteiger charge is 2.26. The second kappa shape index (κ2) is 8.47. The van der Waals surface area contributed by atoms with E-state index in [1.54, 1.807) is 16.7 Å². The highest BCUT2D eigenvalue weighted by Crippen LogP contribution is 2.34. The zero-order chi connectivity index (χ0) is 17.6. The third-order valence-electron chi connectivity index (χ3n) is 4.50. The number of ether oxygens (including phenoxy) is 2. The highest BCUT2D eigenvalue weighted by atomic mass is 32.2. The number of hydrogen-bond acceptors (Lipinski definition) is 5. The maximum atomic E-state index is 12.3. The number of nitrogens with zero attached hydrogens (tertiary/aromatic N) is 1. The van der Waals surface area contributed by atoms with Gasteiger partial charge in [-0.25, -0.2) is 0 Å². The summed E-state index contributed by atoms with van der Waals surface area (Å²) in [5.41, 5.74) is 0.